The van der Waals surface area contributed by atoms with Crippen molar-refractivity contribution in [2.45, 2.75) is 309 Å². The maximum absolute atomic E-state index is 12.5. The van der Waals surface area contributed by atoms with Gasteiger partial charge in [0.25, 0.3) is 0 Å². The van der Waals surface area contributed by atoms with E-state index in [2.05, 4.69) is 43.5 Å². The van der Waals surface area contributed by atoms with Gasteiger partial charge in [-0.2, -0.15) is 0 Å². The van der Waals surface area contributed by atoms with Crippen LogP contribution in [0.2, 0.25) is 0 Å². The van der Waals surface area contributed by atoms with E-state index in [0.29, 0.717) is 25.9 Å². The lowest BCUT2D eigenvalue weighted by Crippen LogP contribution is -2.45. The Morgan fingerprint density at radius 1 is 0.435 bits per heavy atom. The molecule has 366 valence electrons. The summed E-state index contributed by atoms with van der Waals surface area (Å²) in [5, 5.41) is 23.3. The van der Waals surface area contributed by atoms with E-state index in [0.717, 1.165) is 70.6 Å². The monoisotopic (exact) mass is 874 g/mol. The molecule has 0 fully saturated rings. The molecule has 0 heterocycles. The van der Waals surface area contributed by atoms with Crippen molar-refractivity contribution in [1.82, 2.24) is 5.32 Å². The van der Waals surface area contributed by atoms with Crippen LogP contribution in [-0.2, 0) is 14.3 Å². The number of aliphatic hydroxyl groups excluding tert-OH is 2. The van der Waals surface area contributed by atoms with E-state index in [1.165, 1.54) is 193 Å². The van der Waals surface area contributed by atoms with Gasteiger partial charge in [-0.05, 0) is 70.6 Å². The summed E-state index contributed by atoms with van der Waals surface area (Å²) in [7, 11) is 0. The number of nitrogens with one attached hydrogen (secondary N) is 1. The third-order valence-corrected chi connectivity index (χ3v) is 12.7. The molecule has 1 amide bonds. The summed E-state index contributed by atoms with van der Waals surface area (Å²) in [6.07, 6.45) is 61.7. The topological polar surface area (TPSA) is 95.9 Å². The van der Waals surface area contributed by atoms with Crippen molar-refractivity contribution < 1.29 is 24.5 Å². The molecular weight excluding hydrogens is 767 g/mol. The van der Waals surface area contributed by atoms with Crippen molar-refractivity contribution in [3.05, 3.63) is 24.3 Å². The van der Waals surface area contributed by atoms with Crippen molar-refractivity contribution in [2.75, 3.05) is 13.2 Å². The van der Waals surface area contributed by atoms with E-state index in [-0.39, 0.29) is 18.5 Å². The van der Waals surface area contributed by atoms with Gasteiger partial charge in [0.15, 0.2) is 0 Å². The Labute approximate surface area is 386 Å². The zero-order valence-electron chi connectivity index (χ0n) is 41.6. The Balaban J connectivity index is 3.52. The molecule has 0 aromatic carbocycles. The summed E-state index contributed by atoms with van der Waals surface area (Å²) in [5.74, 6) is -0.138. The third-order valence-electron chi connectivity index (χ3n) is 12.7. The van der Waals surface area contributed by atoms with Crippen LogP contribution in [0.25, 0.3) is 0 Å². The number of unbranched alkanes of at least 4 members (excludes halogenated alkanes) is 36. The molecule has 0 aromatic heterocycles. The van der Waals surface area contributed by atoms with Crippen LogP contribution in [0.5, 0.6) is 0 Å². The molecule has 3 N–H and O–H groups in total. The van der Waals surface area contributed by atoms with E-state index < -0.39 is 12.1 Å². The minimum Gasteiger partial charge on any atom is -0.466 e. The zero-order valence-corrected chi connectivity index (χ0v) is 41.6. The van der Waals surface area contributed by atoms with Crippen LogP contribution in [-0.4, -0.2) is 47.4 Å². The molecular formula is C56H107NO5. The van der Waals surface area contributed by atoms with Crippen molar-refractivity contribution in [3.8, 4) is 0 Å². The first kappa shape index (κ1) is 60.3. The Bertz CT molecular complexity index is 966. The highest BCUT2D eigenvalue weighted by molar-refractivity contribution is 5.76. The van der Waals surface area contributed by atoms with Crippen LogP contribution in [0, 0.1) is 0 Å². The highest BCUT2D eigenvalue weighted by Crippen LogP contribution is 2.17. The number of hydrogen-bond donors (Lipinski definition) is 3. The molecule has 0 saturated carbocycles. The smallest absolute Gasteiger partial charge is 0.305 e. The van der Waals surface area contributed by atoms with E-state index in [1.807, 2.05) is 0 Å². The van der Waals surface area contributed by atoms with Crippen molar-refractivity contribution in [3.63, 3.8) is 0 Å². The molecule has 6 nitrogen and oxygen atoms in total. The Morgan fingerprint density at radius 3 is 1.19 bits per heavy atom. The number of hydrogen-bond acceptors (Lipinski definition) is 5. The molecule has 0 spiro atoms. The minimum absolute atomic E-state index is 0.0442. The van der Waals surface area contributed by atoms with Crippen LogP contribution in [0.4, 0.5) is 0 Å². The molecule has 0 saturated heterocycles. The molecule has 62 heavy (non-hydrogen) atoms. The van der Waals surface area contributed by atoms with Crippen LogP contribution in [0.15, 0.2) is 24.3 Å². The van der Waals surface area contributed by atoms with Gasteiger partial charge in [-0.15, -0.1) is 0 Å². The average molecular weight is 874 g/mol. The predicted molar refractivity (Wildman–Crippen MR) is 269 cm³/mol. The van der Waals surface area contributed by atoms with Crippen LogP contribution in [0.3, 0.4) is 0 Å². The second-order valence-corrected chi connectivity index (χ2v) is 18.9. The first-order chi connectivity index (χ1) is 30.5. The second-order valence-electron chi connectivity index (χ2n) is 18.9. The zero-order chi connectivity index (χ0) is 45.1. The van der Waals surface area contributed by atoms with Gasteiger partial charge in [0.1, 0.15) is 0 Å². The second kappa shape index (κ2) is 52.0. The van der Waals surface area contributed by atoms with E-state index >= 15 is 0 Å². The minimum atomic E-state index is -0.696. The predicted octanol–water partition coefficient (Wildman–Crippen LogP) is 16.7. The maximum atomic E-state index is 12.5. The number of carbonyl (C=O) groups is 2. The molecule has 0 aliphatic heterocycles. The molecule has 2 unspecified atom stereocenters. The standard InChI is InChI=1S/C56H107NO5/c1-3-5-7-9-11-13-15-17-18-19-20-21-22-23-24-25-26-28-29-32-36-40-44-48-54(59)53(52-58)57-55(60)49-45-41-37-33-31-35-39-43-47-51-62-56(61)50-46-42-38-34-30-27-16-14-12-10-8-6-4-2/h14,16,33,37,53-54,58-59H,3-13,15,17-32,34-36,38-52H2,1-2H3,(H,57,60)/b16-14-,37-33-. The molecule has 2 atom stereocenters. The molecule has 6 heteroatoms. The Morgan fingerprint density at radius 2 is 0.774 bits per heavy atom. The van der Waals surface area contributed by atoms with Gasteiger partial charge >= 0.3 is 5.97 Å². The van der Waals surface area contributed by atoms with E-state index in [4.69, 9.17) is 4.74 Å². The first-order valence-corrected chi connectivity index (χ1v) is 27.6. The van der Waals surface area contributed by atoms with Crippen LogP contribution >= 0.6 is 0 Å². The highest BCUT2D eigenvalue weighted by atomic mass is 16.5. The van der Waals surface area contributed by atoms with Gasteiger partial charge in [0.2, 0.25) is 5.91 Å². The Hall–Kier alpha value is -1.66. The van der Waals surface area contributed by atoms with Crippen molar-refractivity contribution >= 4 is 11.9 Å². The quantitative estimate of drug-likeness (QED) is 0.0321. The van der Waals surface area contributed by atoms with Crippen molar-refractivity contribution in [1.29, 1.82) is 0 Å². The van der Waals surface area contributed by atoms with Crippen LogP contribution < -0.4 is 5.32 Å². The number of rotatable bonds is 51. The first-order valence-electron chi connectivity index (χ1n) is 27.6. The number of esters is 1. The summed E-state index contributed by atoms with van der Waals surface area (Å²) < 4.78 is 5.43. The normalized spacial score (nSPS) is 12.8. The molecule has 0 bridgehead atoms. The average Bonchev–Trinajstić information content (AvgIpc) is 3.27. The number of carbonyl (C=O) groups excluding carboxylic acids is 2. The van der Waals surface area contributed by atoms with E-state index in [1.54, 1.807) is 0 Å². The maximum Gasteiger partial charge on any atom is 0.305 e. The third kappa shape index (κ3) is 47.8. The molecule has 0 rings (SSSR count). The fraction of sp³-hybridized carbons (Fsp3) is 0.893. The number of allylic oxidation sites excluding steroid dienone is 4. The number of ether oxygens (including phenoxy) is 1. The number of amides is 1. The van der Waals surface area contributed by atoms with E-state index in [9.17, 15) is 19.8 Å². The largest absolute Gasteiger partial charge is 0.466 e. The van der Waals surface area contributed by atoms with Gasteiger partial charge in [-0.25, -0.2) is 0 Å². The fourth-order valence-electron chi connectivity index (χ4n) is 8.46. The molecule has 0 aliphatic carbocycles. The molecule has 0 aromatic rings. The van der Waals surface area contributed by atoms with Gasteiger partial charge in [0.05, 0.1) is 25.4 Å². The van der Waals surface area contributed by atoms with Crippen LogP contribution in [0.1, 0.15) is 296 Å². The van der Waals surface area contributed by atoms with Gasteiger partial charge in [-0.3, -0.25) is 9.59 Å². The van der Waals surface area contributed by atoms with Crippen molar-refractivity contribution in [2.24, 2.45) is 0 Å². The lowest BCUT2D eigenvalue weighted by Gasteiger charge is -2.22. The number of aliphatic hydroxyl groups is 2. The molecule has 0 radical (unpaired) electrons. The molecule has 0 aliphatic rings. The summed E-state index contributed by atoms with van der Waals surface area (Å²) >= 11 is 0. The SMILES string of the molecule is CCCCCC/C=C\CCCCCCCC(=O)OCCCCCC/C=C\CCCC(=O)NC(CO)C(O)CCCCCCCCCCCCCCCCCCCCCCCCC. The fourth-order valence-corrected chi connectivity index (χ4v) is 8.46. The van der Waals surface area contributed by atoms with Gasteiger partial charge in [-0.1, -0.05) is 237 Å². The van der Waals surface area contributed by atoms with Gasteiger partial charge < -0.3 is 20.3 Å². The lowest BCUT2D eigenvalue weighted by molar-refractivity contribution is -0.143. The summed E-state index contributed by atoms with van der Waals surface area (Å²) in [5.41, 5.74) is 0. The highest BCUT2D eigenvalue weighted by Gasteiger charge is 2.20. The Kier molecular flexibility index (Phi) is 50.6. The lowest BCUT2D eigenvalue weighted by atomic mass is 10.0. The summed E-state index contributed by atoms with van der Waals surface area (Å²) in [6.45, 7) is 4.86. The van der Waals surface area contributed by atoms with Gasteiger partial charge in [0, 0.05) is 12.8 Å². The summed E-state index contributed by atoms with van der Waals surface area (Å²) in [6, 6.07) is -0.580. The summed E-state index contributed by atoms with van der Waals surface area (Å²) in [4.78, 5) is 24.5.